The molecule has 0 radical (unpaired) electrons. The molecule has 3 heterocycles. The second-order valence-electron chi connectivity index (χ2n) is 5.54. The highest BCUT2D eigenvalue weighted by Crippen LogP contribution is 2.32. The fraction of sp³-hybridized carbons (Fsp3) is 0.167. The van der Waals surface area contributed by atoms with Crippen molar-refractivity contribution in [2.75, 3.05) is 18.5 Å². The number of fused-ring (bicyclic) bond motifs is 1. The predicted molar refractivity (Wildman–Crippen MR) is 91.4 cm³/mol. The van der Waals surface area contributed by atoms with Crippen LogP contribution in [0.1, 0.15) is 16.8 Å². The van der Waals surface area contributed by atoms with Crippen molar-refractivity contribution in [1.29, 1.82) is 0 Å². The predicted octanol–water partition coefficient (Wildman–Crippen LogP) is 2.68. The van der Waals surface area contributed by atoms with E-state index >= 15 is 0 Å². The third kappa shape index (κ3) is 3.30. The molecule has 1 amide bonds. The van der Waals surface area contributed by atoms with Crippen LogP contribution in [-0.4, -0.2) is 33.7 Å². The molecule has 0 aliphatic carbocycles. The SMILES string of the molecule is O=C(Nc1ccc2c(c1)OCCCO2)c1ccc(-n2ccnc2)nc1. The van der Waals surface area contributed by atoms with Crippen LogP contribution in [0.2, 0.25) is 0 Å². The van der Waals surface area contributed by atoms with Crippen molar-refractivity contribution >= 4 is 11.6 Å². The Morgan fingerprint density at radius 1 is 1.12 bits per heavy atom. The molecule has 1 aliphatic heterocycles. The monoisotopic (exact) mass is 336 g/mol. The Labute approximate surface area is 144 Å². The molecule has 0 bridgehead atoms. The number of anilines is 1. The molecular formula is C18H16N4O3. The summed E-state index contributed by atoms with van der Waals surface area (Å²) in [7, 11) is 0. The summed E-state index contributed by atoms with van der Waals surface area (Å²) in [6.07, 6.45) is 7.49. The van der Waals surface area contributed by atoms with Crippen LogP contribution in [0.4, 0.5) is 5.69 Å². The second kappa shape index (κ2) is 6.64. The molecule has 0 spiro atoms. The van der Waals surface area contributed by atoms with Crippen LogP contribution < -0.4 is 14.8 Å². The summed E-state index contributed by atoms with van der Waals surface area (Å²) >= 11 is 0. The Morgan fingerprint density at radius 3 is 2.76 bits per heavy atom. The first-order valence-corrected chi connectivity index (χ1v) is 7.95. The molecule has 0 saturated heterocycles. The number of ether oxygens (including phenoxy) is 2. The van der Waals surface area contributed by atoms with Gasteiger partial charge in [-0.25, -0.2) is 9.97 Å². The molecule has 7 nitrogen and oxygen atoms in total. The molecule has 0 unspecified atom stereocenters. The van der Waals surface area contributed by atoms with E-state index in [4.69, 9.17) is 9.47 Å². The number of nitrogens with zero attached hydrogens (tertiary/aromatic N) is 3. The topological polar surface area (TPSA) is 78.3 Å². The molecule has 4 rings (SSSR count). The standard InChI is InChI=1S/C18H16N4O3/c23-18(13-2-5-17(20-11-13)22-7-6-19-12-22)21-14-3-4-15-16(10-14)25-9-1-8-24-15/h2-7,10-12H,1,8-9H2,(H,21,23). The summed E-state index contributed by atoms with van der Waals surface area (Å²) in [6.45, 7) is 1.23. The fourth-order valence-corrected chi connectivity index (χ4v) is 2.51. The van der Waals surface area contributed by atoms with Gasteiger partial charge in [0.1, 0.15) is 12.1 Å². The van der Waals surface area contributed by atoms with E-state index in [-0.39, 0.29) is 5.91 Å². The lowest BCUT2D eigenvalue weighted by Crippen LogP contribution is -2.12. The Balaban J connectivity index is 1.49. The number of nitrogens with one attached hydrogen (secondary N) is 1. The highest BCUT2D eigenvalue weighted by Gasteiger charge is 2.13. The Kier molecular flexibility index (Phi) is 4.04. The third-order valence-corrected chi connectivity index (χ3v) is 3.78. The number of hydrogen-bond donors (Lipinski definition) is 1. The van der Waals surface area contributed by atoms with Gasteiger partial charge in [0.05, 0.1) is 18.8 Å². The Morgan fingerprint density at radius 2 is 2.00 bits per heavy atom. The van der Waals surface area contributed by atoms with Gasteiger partial charge < -0.3 is 14.8 Å². The van der Waals surface area contributed by atoms with Crippen LogP contribution in [0.3, 0.4) is 0 Å². The minimum absolute atomic E-state index is 0.237. The van der Waals surface area contributed by atoms with Crippen molar-refractivity contribution in [3.05, 3.63) is 60.8 Å². The molecule has 1 N–H and O–H groups in total. The van der Waals surface area contributed by atoms with E-state index in [1.54, 1.807) is 53.6 Å². The smallest absolute Gasteiger partial charge is 0.257 e. The lowest BCUT2D eigenvalue weighted by atomic mass is 10.2. The second-order valence-corrected chi connectivity index (χ2v) is 5.54. The number of benzene rings is 1. The largest absolute Gasteiger partial charge is 0.490 e. The molecule has 1 aliphatic rings. The molecule has 2 aromatic heterocycles. The number of amides is 1. The van der Waals surface area contributed by atoms with Crippen LogP contribution in [0.25, 0.3) is 5.82 Å². The van der Waals surface area contributed by atoms with E-state index < -0.39 is 0 Å². The minimum atomic E-state index is -0.237. The molecule has 25 heavy (non-hydrogen) atoms. The van der Waals surface area contributed by atoms with Gasteiger partial charge in [0.15, 0.2) is 11.5 Å². The lowest BCUT2D eigenvalue weighted by molar-refractivity contribution is 0.102. The number of rotatable bonds is 3. The van der Waals surface area contributed by atoms with Crippen molar-refractivity contribution in [2.24, 2.45) is 0 Å². The number of carbonyl (C=O) groups excluding carboxylic acids is 1. The number of pyridine rings is 1. The summed E-state index contributed by atoms with van der Waals surface area (Å²) in [4.78, 5) is 20.7. The van der Waals surface area contributed by atoms with Crippen molar-refractivity contribution in [3.8, 4) is 17.3 Å². The summed E-state index contributed by atoms with van der Waals surface area (Å²) in [6, 6.07) is 8.85. The highest BCUT2D eigenvalue weighted by molar-refractivity contribution is 6.04. The number of imidazole rings is 1. The Hall–Kier alpha value is -3.35. The first-order chi connectivity index (χ1) is 12.3. The average molecular weight is 336 g/mol. The zero-order valence-corrected chi connectivity index (χ0v) is 13.4. The van der Waals surface area contributed by atoms with Crippen molar-refractivity contribution < 1.29 is 14.3 Å². The van der Waals surface area contributed by atoms with Crippen molar-refractivity contribution in [1.82, 2.24) is 14.5 Å². The van der Waals surface area contributed by atoms with E-state index in [1.807, 2.05) is 0 Å². The van der Waals surface area contributed by atoms with Gasteiger partial charge in [-0.05, 0) is 24.3 Å². The zero-order valence-electron chi connectivity index (χ0n) is 13.4. The average Bonchev–Trinajstić information content (AvgIpc) is 3.08. The van der Waals surface area contributed by atoms with Crippen LogP contribution in [0, 0.1) is 0 Å². The normalized spacial score (nSPS) is 13.1. The summed E-state index contributed by atoms with van der Waals surface area (Å²) in [5.74, 6) is 1.80. The van der Waals surface area contributed by atoms with Crippen molar-refractivity contribution in [3.63, 3.8) is 0 Å². The van der Waals surface area contributed by atoms with Gasteiger partial charge in [-0.2, -0.15) is 0 Å². The lowest BCUT2D eigenvalue weighted by Gasteiger charge is -2.10. The minimum Gasteiger partial charge on any atom is -0.490 e. The van der Waals surface area contributed by atoms with Gasteiger partial charge in [0, 0.05) is 36.8 Å². The molecule has 0 atom stereocenters. The molecule has 0 fully saturated rings. The van der Waals surface area contributed by atoms with E-state index in [0.717, 1.165) is 6.42 Å². The number of carbonyl (C=O) groups is 1. The van der Waals surface area contributed by atoms with Crippen LogP contribution in [-0.2, 0) is 0 Å². The zero-order chi connectivity index (χ0) is 17.1. The molecule has 1 aromatic carbocycles. The number of hydrogen-bond acceptors (Lipinski definition) is 5. The maximum Gasteiger partial charge on any atom is 0.257 e. The van der Waals surface area contributed by atoms with Gasteiger partial charge in [0.25, 0.3) is 5.91 Å². The molecular weight excluding hydrogens is 320 g/mol. The number of aromatic nitrogens is 3. The molecule has 7 heteroatoms. The molecule has 3 aromatic rings. The molecule has 126 valence electrons. The van der Waals surface area contributed by atoms with Crippen LogP contribution >= 0.6 is 0 Å². The van der Waals surface area contributed by atoms with Crippen LogP contribution in [0.15, 0.2) is 55.2 Å². The van der Waals surface area contributed by atoms with E-state index in [2.05, 4.69) is 15.3 Å². The fourth-order valence-electron chi connectivity index (χ4n) is 2.51. The summed E-state index contributed by atoms with van der Waals surface area (Å²) < 4.78 is 13.0. The first kappa shape index (κ1) is 15.2. The highest BCUT2D eigenvalue weighted by atomic mass is 16.5. The maximum atomic E-state index is 12.4. The quantitative estimate of drug-likeness (QED) is 0.795. The van der Waals surface area contributed by atoms with Gasteiger partial charge >= 0.3 is 0 Å². The summed E-state index contributed by atoms with van der Waals surface area (Å²) in [5.41, 5.74) is 1.11. The van der Waals surface area contributed by atoms with Gasteiger partial charge in [0.2, 0.25) is 0 Å². The first-order valence-electron chi connectivity index (χ1n) is 7.95. The molecule has 0 saturated carbocycles. The van der Waals surface area contributed by atoms with Gasteiger partial charge in [-0.1, -0.05) is 0 Å². The van der Waals surface area contributed by atoms with Crippen molar-refractivity contribution in [2.45, 2.75) is 6.42 Å². The van der Waals surface area contributed by atoms with E-state index in [9.17, 15) is 4.79 Å². The van der Waals surface area contributed by atoms with Gasteiger partial charge in [-0.3, -0.25) is 9.36 Å². The third-order valence-electron chi connectivity index (χ3n) is 3.78. The van der Waals surface area contributed by atoms with Crippen LogP contribution in [0.5, 0.6) is 11.5 Å². The maximum absolute atomic E-state index is 12.4. The Bertz CT molecular complexity index is 876. The van der Waals surface area contributed by atoms with E-state index in [1.165, 1.54) is 6.20 Å². The summed E-state index contributed by atoms with van der Waals surface area (Å²) in [5, 5.41) is 2.85. The van der Waals surface area contributed by atoms with E-state index in [0.29, 0.717) is 41.8 Å². The van der Waals surface area contributed by atoms with Gasteiger partial charge in [-0.15, -0.1) is 0 Å².